The zero-order valence-electron chi connectivity index (χ0n) is 17.0. The number of hydrogen-bond donors (Lipinski definition) is 0. The number of rotatable bonds is 6. The molecule has 2 heterocycles. The van der Waals surface area contributed by atoms with Crippen molar-refractivity contribution in [1.82, 2.24) is 19.7 Å². The van der Waals surface area contributed by atoms with Crippen molar-refractivity contribution in [2.45, 2.75) is 62.6 Å². The summed E-state index contributed by atoms with van der Waals surface area (Å²) in [6, 6.07) is 10.5. The number of amides is 1. The Labute approximate surface area is 177 Å². The van der Waals surface area contributed by atoms with Gasteiger partial charge in [-0.25, -0.2) is 0 Å². The van der Waals surface area contributed by atoms with Gasteiger partial charge in [-0.3, -0.25) is 4.79 Å². The number of hydrogen-bond acceptors (Lipinski definition) is 4. The highest BCUT2D eigenvalue weighted by Gasteiger charge is 2.33. The van der Waals surface area contributed by atoms with Gasteiger partial charge < -0.3 is 9.47 Å². The van der Waals surface area contributed by atoms with Gasteiger partial charge in [0.05, 0.1) is 12.3 Å². The topological polar surface area (TPSA) is 51.0 Å². The van der Waals surface area contributed by atoms with Crippen LogP contribution >= 0.6 is 11.8 Å². The van der Waals surface area contributed by atoms with Crippen LogP contribution < -0.4 is 0 Å². The zero-order chi connectivity index (χ0) is 19.6. The molecule has 2 aromatic rings. The molecule has 3 aliphatic rings. The summed E-state index contributed by atoms with van der Waals surface area (Å²) in [6.07, 6.45) is 8.98. The van der Waals surface area contributed by atoms with Crippen molar-refractivity contribution in [3.8, 4) is 0 Å². The summed E-state index contributed by atoms with van der Waals surface area (Å²) in [5.41, 5.74) is 1.25. The molecule has 2 atom stereocenters. The largest absolute Gasteiger partial charge is 0.342 e. The Kier molecular flexibility index (Phi) is 5.62. The summed E-state index contributed by atoms with van der Waals surface area (Å²) in [5, 5.41) is 9.83. The molecule has 0 N–H and O–H groups in total. The van der Waals surface area contributed by atoms with E-state index >= 15 is 0 Å². The third kappa shape index (κ3) is 4.37. The van der Waals surface area contributed by atoms with Crippen molar-refractivity contribution in [1.29, 1.82) is 0 Å². The Bertz CT molecular complexity index is 848. The summed E-state index contributed by atoms with van der Waals surface area (Å²) in [7, 11) is 0. The van der Waals surface area contributed by atoms with E-state index in [1.165, 1.54) is 50.5 Å². The van der Waals surface area contributed by atoms with Gasteiger partial charge in [0.15, 0.2) is 5.16 Å². The number of carbonyl (C=O) groups excluding carboxylic acids is 1. The second-order valence-electron chi connectivity index (χ2n) is 8.91. The molecular formula is C23H30N4OS. The van der Waals surface area contributed by atoms with E-state index < -0.39 is 0 Å². The maximum atomic E-state index is 12.9. The van der Waals surface area contributed by atoms with Crippen LogP contribution in [0.1, 0.15) is 62.3 Å². The van der Waals surface area contributed by atoms with Gasteiger partial charge >= 0.3 is 0 Å². The average molecular weight is 411 g/mol. The molecule has 0 spiro atoms. The van der Waals surface area contributed by atoms with Crippen molar-refractivity contribution in [3.05, 3.63) is 41.7 Å². The standard InChI is InChI=1S/C23H30N4OS/c28-21(26-13-12-18-8-4-5-9-20(18)15-26)16-29-23-25-24-22(19-10-11-19)27(23)14-17-6-2-1-3-7-17/h1-3,6-7,18-20H,4-5,8-16H2/t18-,20-/m0/s1. The molecule has 1 amide bonds. The van der Waals surface area contributed by atoms with Crippen LogP contribution in [0.5, 0.6) is 0 Å². The minimum absolute atomic E-state index is 0.265. The van der Waals surface area contributed by atoms with Crippen LogP contribution in [0, 0.1) is 11.8 Å². The summed E-state index contributed by atoms with van der Waals surface area (Å²) >= 11 is 1.56. The molecule has 0 unspecified atom stereocenters. The Morgan fingerprint density at radius 3 is 2.59 bits per heavy atom. The molecule has 3 fully saturated rings. The molecule has 2 aliphatic carbocycles. The Balaban J connectivity index is 1.24. The number of piperidine rings is 1. The van der Waals surface area contributed by atoms with E-state index in [-0.39, 0.29) is 5.91 Å². The first-order valence-corrected chi connectivity index (χ1v) is 12.1. The summed E-state index contributed by atoms with van der Waals surface area (Å²) in [4.78, 5) is 15.0. The average Bonchev–Trinajstić information content (AvgIpc) is 3.54. The monoisotopic (exact) mass is 410 g/mol. The molecule has 29 heavy (non-hydrogen) atoms. The fraction of sp³-hybridized carbons (Fsp3) is 0.609. The number of benzene rings is 1. The fourth-order valence-electron chi connectivity index (χ4n) is 5.01. The Hall–Kier alpha value is -1.82. The summed E-state index contributed by atoms with van der Waals surface area (Å²) < 4.78 is 2.23. The minimum Gasteiger partial charge on any atom is -0.342 e. The highest BCUT2D eigenvalue weighted by atomic mass is 32.2. The molecule has 1 aromatic heterocycles. The molecule has 2 saturated carbocycles. The van der Waals surface area contributed by atoms with Gasteiger partial charge in [0.2, 0.25) is 5.91 Å². The first kappa shape index (κ1) is 19.2. The van der Waals surface area contributed by atoms with Crippen LogP contribution in [-0.4, -0.2) is 44.4 Å². The molecule has 6 heteroatoms. The van der Waals surface area contributed by atoms with Gasteiger partial charge in [0, 0.05) is 19.0 Å². The lowest BCUT2D eigenvalue weighted by atomic mass is 9.75. The number of thioether (sulfide) groups is 1. The molecule has 5 rings (SSSR count). The predicted octanol–water partition coefficient (Wildman–Crippen LogP) is 4.33. The van der Waals surface area contributed by atoms with E-state index in [9.17, 15) is 4.79 Å². The molecule has 1 aromatic carbocycles. The second kappa shape index (κ2) is 8.50. The SMILES string of the molecule is O=C(CSc1nnc(C2CC2)n1Cc1ccccc1)N1CC[C@@H]2CCCC[C@H]2C1. The van der Waals surface area contributed by atoms with E-state index in [0.717, 1.165) is 42.5 Å². The van der Waals surface area contributed by atoms with Gasteiger partial charge in [-0.05, 0) is 43.1 Å². The fourth-order valence-corrected chi connectivity index (χ4v) is 5.86. The van der Waals surface area contributed by atoms with Gasteiger partial charge in [-0.15, -0.1) is 10.2 Å². The smallest absolute Gasteiger partial charge is 0.233 e. The Morgan fingerprint density at radius 2 is 1.79 bits per heavy atom. The van der Waals surface area contributed by atoms with Crippen LogP contribution in [0.2, 0.25) is 0 Å². The maximum absolute atomic E-state index is 12.9. The van der Waals surface area contributed by atoms with Crippen LogP contribution in [0.15, 0.2) is 35.5 Å². The van der Waals surface area contributed by atoms with Gasteiger partial charge in [-0.2, -0.15) is 0 Å². The van der Waals surface area contributed by atoms with Crippen molar-refractivity contribution in [3.63, 3.8) is 0 Å². The van der Waals surface area contributed by atoms with Crippen LogP contribution in [-0.2, 0) is 11.3 Å². The van der Waals surface area contributed by atoms with E-state index in [0.29, 0.717) is 11.7 Å². The normalized spacial score (nSPS) is 24.3. The number of fused-ring (bicyclic) bond motifs is 1. The zero-order valence-corrected chi connectivity index (χ0v) is 17.8. The van der Waals surface area contributed by atoms with Crippen LogP contribution in [0.3, 0.4) is 0 Å². The van der Waals surface area contributed by atoms with Gasteiger partial charge in [0.1, 0.15) is 5.82 Å². The Morgan fingerprint density at radius 1 is 1.00 bits per heavy atom. The third-order valence-corrected chi connectivity index (χ3v) is 7.79. The van der Waals surface area contributed by atoms with Gasteiger partial charge in [0.25, 0.3) is 0 Å². The third-order valence-electron chi connectivity index (χ3n) is 6.84. The molecule has 1 saturated heterocycles. The lowest BCUT2D eigenvalue weighted by molar-refractivity contribution is -0.131. The van der Waals surface area contributed by atoms with E-state index in [1.807, 2.05) is 6.07 Å². The molecule has 154 valence electrons. The highest BCUT2D eigenvalue weighted by molar-refractivity contribution is 7.99. The number of carbonyl (C=O) groups is 1. The number of nitrogens with zero attached hydrogens (tertiary/aromatic N) is 4. The summed E-state index contributed by atoms with van der Waals surface area (Å²) in [5.74, 6) is 3.95. The molecular weight excluding hydrogens is 380 g/mol. The lowest BCUT2D eigenvalue weighted by Gasteiger charge is -2.41. The highest BCUT2D eigenvalue weighted by Crippen LogP contribution is 2.40. The maximum Gasteiger partial charge on any atom is 0.233 e. The summed E-state index contributed by atoms with van der Waals surface area (Å²) in [6.45, 7) is 2.68. The second-order valence-corrected chi connectivity index (χ2v) is 9.85. The lowest BCUT2D eigenvalue weighted by Crippen LogP contribution is -2.45. The first-order chi connectivity index (χ1) is 14.3. The quantitative estimate of drug-likeness (QED) is 0.665. The minimum atomic E-state index is 0.265. The van der Waals surface area contributed by atoms with Crippen molar-refractivity contribution < 1.29 is 4.79 Å². The van der Waals surface area contributed by atoms with E-state index in [4.69, 9.17) is 0 Å². The first-order valence-electron chi connectivity index (χ1n) is 11.2. The van der Waals surface area contributed by atoms with Crippen molar-refractivity contribution >= 4 is 17.7 Å². The number of aromatic nitrogens is 3. The molecule has 1 aliphatic heterocycles. The van der Waals surface area contributed by atoms with E-state index in [1.54, 1.807) is 11.8 Å². The predicted molar refractivity (Wildman–Crippen MR) is 115 cm³/mol. The molecule has 5 nitrogen and oxygen atoms in total. The van der Waals surface area contributed by atoms with E-state index in [2.05, 4.69) is 43.9 Å². The van der Waals surface area contributed by atoms with Crippen LogP contribution in [0.4, 0.5) is 0 Å². The number of likely N-dealkylation sites (tertiary alicyclic amines) is 1. The van der Waals surface area contributed by atoms with Crippen molar-refractivity contribution in [2.24, 2.45) is 11.8 Å². The van der Waals surface area contributed by atoms with Crippen LogP contribution in [0.25, 0.3) is 0 Å². The van der Waals surface area contributed by atoms with Crippen molar-refractivity contribution in [2.75, 3.05) is 18.8 Å². The molecule has 0 radical (unpaired) electrons. The van der Waals surface area contributed by atoms with Gasteiger partial charge in [-0.1, -0.05) is 61.4 Å². The molecule has 0 bridgehead atoms.